The van der Waals surface area contributed by atoms with Crippen molar-refractivity contribution in [3.63, 3.8) is 0 Å². The Bertz CT molecular complexity index is 175. The maximum Gasteiger partial charge on any atom is 0.509 e. The number of hydrogen-bond donors (Lipinski definition) is 1. The minimum atomic E-state index is -2.19. The Labute approximate surface area is 65.7 Å². The standard InChI is InChI=1S/C6H9O4P/c1-2-3-6(7)10-4-5-11(8)9/h2-3H,4-5H2,1H3/p+1. The third-order valence-corrected chi connectivity index (χ3v) is 1.39. The van der Waals surface area contributed by atoms with Gasteiger partial charge in [-0.1, -0.05) is 6.08 Å². The van der Waals surface area contributed by atoms with Gasteiger partial charge in [0.25, 0.3) is 0 Å². The van der Waals surface area contributed by atoms with E-state index in [1.165, 1.54) is 6.08 Å². The van der Waals surface area contributed by atoms with E-state index in [0.29, 0.717) is 0 Å². The lowest BCUT2D eigenvalue weighted by Crippen LogP contribution is -2.03. The SMILES string of the molecule is CC=CC(=O)OCC[P+](=O)O. The highest BCUT2D eigenvalue weighted by atomic mass is 31.1. The van der Waals surface area contributed by atoms with Gasteiger partial charge in [-0.2, -0.15) is 4.89 Å². The van der Waals surface area contributed by atoms with Gasteiger partial charge in [0.15, 0.2) is 0 Å². The molecule has 0 bridgehead atoms. The predicted molar refractivity (Wildman–Crippen MR) is 40.5 cm³/mol. The Balaban J connectivity index is 3.39. The number of carbonyl (C=O) groups excluding carboxylic acids is 1. The second kappa shape index (κ2) is 6.01. The molecule has 5 heteroatoms. The minimum Gasteiger partial charge on any atom is -0.458 e. The lowest BCUT2D eigenvalue weighted by Gasteiger charge is -1.93. The lowest BCUT2D eigenvalue weighted by molar-refractivity contribution is -0.137. The molecule has 0 aromatic heterocycles. The zero-order valence-electron chi connectivity index (χ0n) is 6.19. The van der Waals surface area contributed by atoms with Crippen LogP contribution >= 0.6 is 8.03 Å². The van der Waals surface area contributed by atoms with Crippen LogP contribution in [0.1, 0.15) is 6.92 Å². The molecule has 0 amide bonds. The predicted octanol–water partition coefficient (Wildman–Crippen LogP) is 0.840. The van der Waals surface area contributed by atoms with Gasteiger partial charge in [0.1, 0.15) is 6.61 Å². The molecular weight excluding hydrogens is 167 g/mol. The highest BCUT2D eigenvalue weighted by Crippen LogP contribution is 2.10. The van der Waals surface area contributed by atoms with Crippen LogP contribution in [-0.2, 0) is 14.1 Å². The first kappa shape index (κ1) is 10.3. The molecule has 1 atom stereocenters. The minimum absolute atomic E-state index is 0.00136. The van der Waals surface area contributed by atoms with Gasteiger partial charge in [0.05, 0.1) is 0 Å². The Hall–Kier alpha value is -0.730. The van der Waals surface area contributed by atoms with Crippen molar-refractivity contribution >= 4 is 14.0 Å². The first-order valence-corrected chi connectivity index (χ1v) is 4.49. The van der Waals surface area contributed by atoms with E-state index in [1.807, 2.05) is 0 Å². The first-order chi connectivity index (χ1) is 5.16. The summed E-state index contributed by atoms with van der Waals surface area (Å²) in [6.45, 7) is 1.68. The maximum absolute atomic E-state index is 10.5. The van der Waals surface area contributed by atoms with Crippen LogP contribution in [0.15, 0.2) is 12.2 Å². The molecule has 11 heavy (non-hydrogen) atoms. The number of carbonyl (C=O) groups is 1. The lowest BCUT2D eigenvalue weighted by atomic mass is 10.5. The molecule has 0 spiro atoms. The fourth-order valence-corrected chi connectivity index (χ4v) is 0.656. The molecule has 4 nitrogen and oxygen atoms in total. The summed E-state index contributed by atoms with van der Waals surface area (Å²) in [5.41, 5.74) is 0. The van der Waals surface area contributed by atoms with Gasteiger partial charge >= 0.3 is 14.0 Å². The summed E-state index contributed by atoms with van der Waals surface area (Å²) in [7, 11) is -2.19. The Morgan fingerprint density at radius 3 is 2.82 bits per heavy atom. The topological polar surface area (TPSA) is 63.6 Å². The van der Waals surface area contributed by atoms with E-state index in [9.17, 15) is 9.36 Å². The molecule has 0 aromatic rings. The van der Waals surface area contributed by atoms with E-state index >= 15 is 0 Å². The summed E-state index contributed by atoms with van der Waals surface area (Å²) in [5, 5.41) is 0. The quantitative estimate of drug-likeness (QED) is 0.392. The van der Waals surface area contributed by atoms with Gasteiger partial charge in [-0.05, 0) is 11.5 Å². The van der Waals surface area contributed by atoms with Gasteiger partial charge in [-0.25, -0.2) is 4.79 Å². The average molecular weight is 177 g/mol. The van der Waals surface area contributed by atoms with Crippen molar-refractivity contribution in [2.45, 2.75) is 6.92 Å². The summed E-state index contributed by atoms with van der Waals surface area (Å²) in [5.74, 6) is -0.482. The van der Waals surface area contributed by atoms with Crippen LogP contribution in [0, 0.1) is 0 Å². The monoisotopic (exact) mass is 177 g/mol. The van der Waals surface area contributed by atoms with Crippen molar-refractivity contribution in [2.24, 2.45) is 0 Å². The fraction of sp³-hybridized carbons (Fsp3) is 0.500. The van der Waals surface area contributed by atoms with Crippen LogP contribution < -0.4 is 0 Å². The summed E-state index contributed by atoms with van der Waals surface area (Å²) < 4.78 is 14.6. The van der Waals surface area contributed by atoms with Gasteiger partial charge in [-0.15, -0.1) is 0 Å². The number of ether oxygens (including phenoxy) is 1. The molecule has 0 aliphatic heterocycles. The van der Waals surface area contributed by atoms with Gasteiger partial charge in [0, 0.05) is 6.08 Å². The summed E-state index contributed by atoms with van der Waals surface area (Å²) in [6.07, 6.45) is 2.80. The molecule has 0 saturated heterocycles. The summed E-state index contributed by atoms with van der Waals surface area (Å²) >= 11 is 0. The van der Waals surface area contributed by atoms with Gasteiger partial charge in [0.2, 0.25) is 6.16 Å². The van der Waals surface area contributed by atoms with Crippen LogP contribution in [0.3, 0.4) is 0 Å². The molecule has 0 aliphatic rings. The van der Waals surface area contributed by atoms with Gasteiger partial charge in [-0.3, -0.25) is 0 Å². The van der Waals surface area contributed by atoms with Crippen molar-refractivity contribution in [1.29, 1.82) is 0 Å². The van der Waals surface area contributed by atoms with Crippen LogP contribution in [0.2, 0.25) is 0 Å². The van der Waals surface area contributed by atoms with Crippen molar-refractivity contribution in [3.8, 4) is 0 Å². The average Bonchev–Trinajstić information content (AvgIpc) is 1.87. The van der Waals surface area contributed by atoms with E-state index in [1.54, 1.807) is 13.0 Å². The Morgan fingerprint density at radius 1 is 1.73 bits per heavy atom. The van der Waals surface area contributed by atoms with Crippen LogP contribution in [-0.4, -0.2) is 23.6 Å². The molecule has 0 saturated carbocycles. The van der Waals surface area contributed by atoms with E-state index < -0.39 is 14.0 Å². The number of esters is 1. The highest BCUT2D eigenvalue weighted by molar-refractivity contribution is 7.38. The Morgan fingerprint density at radius 2 is 2.36 bits per heavy atom. The molecule has 0 aromatic carbocycles. The number of hydrogen-bond acceptors (Lipinski definition) is 3. The molecule has 0 aliphatic carbocycles. The van der Waals surface area contributed by atoms with E-state index in [4.69, 9.17) is 4.89 Å². The zero-order chi connectivity index (χ0) is 8.69. The molecule has 1 unspecified atom stereocenters. The summed E-state index contributed by atoms with van der Waals surface area (Å²) in [4.78, 5) is 18.8. The van der Waals surface area contributed by atoms with E-state index in [2.05, 4.69) is 4.74 Å². The Kier molecular flexibility index (Phi) is 5.61. The molecule has 62 valence electrons. The normalized spacial score (nSPS) is 11.6. The summed E-state index contributed by atoms with van der Waals surface area (Å²) in [6, 6.07) is 0. The largest absolute Gasteiger partial charge is 0.509 e. The van der Waals surface area contributed by atoms with Crippen LogP contribution in [0.25, 0.3) is 0 Å². The molecular formula is C6H10O4P+. The zero-order valence-corrected chi connectivity index (χ0v) is 7.08. The van der Waals surface area contributed by atoms with Crippen molar-refractivity contribution in [1.82, 2.24) is 0 Å². The maximum atomic E-state index is 10.5. The molecule has 0 rings (SSSR count). The molecule has 0 radical (unpaired) electrons. The smallest absolute Gasteiger partial charge is 0.458 e. The fourth-order valence-electron chi connectivity index (χ4n) is 0.409. The van der Waals surface area contributed by atoms with Crippen molar-refractivity contribution in [3.05, 3.63) is 12.2 Å². The van der Waals surface area contributed by atoms with Crippen molar-refractivity contribution in [2.75, 3.05) is 12.8 Å². The first-order valence-electron chi connectivity index (χ1n) is 3.10. The molecule has 0 fully saturated rings. The molecule has 0 heterocycles. The van der Waals surface area contributed by atoms with E-state index in [0.717, 1.165) is 0 Å². The second-order valence-corrected chi connectivity index (χ2v) is 2.89. The van der Waals surface area contributed by atoms with Crippen LogP contribution in [0.5, 0.6) is 0 Å². The third-order valence-electron chi connectivity index (χ3n) is 0.830. The number of rotatable bonds is 4. The molecule has 1 N–H and O–H groups in total. The van der Waals surface area contributed by atoms with Gasteiger partial charge < -0.3 is 4.74 Å². The second-order valence-electron chi connectivity index (χ2n) is 1.74. The van der Waals surface area contributed by atoms with Crippen LogP contribution in [0.4, 0.5) is 0 Å². The highest BCUT2D eigenvalue weighted by Gasteiger charge is 2.09. The van der Waals surface area contributed by atoms with E-state index in [-0.39, 0.29) is 12.8 Å². The number of allylic oxidation sites excluding steroid dienone is 1. The third kappa shape index (κ3) is 7.16. The van der Waals surface area contributed by atoms with Crippen molar-refractivity contribution < 1.29 is 19.0 Å².